The Hall–Kier alpha value is -4.44. The molecule has 4 amide bonds. The van der Waals surface area contributed by atoms with E-state index in [2.05, 4.69) is 11.4 Å². The van der Waals surface area contributed by atoms with Crippen LogP contribution in [0, 0.1) is 11.3 Å². The number of barbiturate groups is 1. The van der Waals surface area contributed by atoms with Crippen molar-refractivity contribution in [1.82, 2.24) is 10.2 Å². The minimum absolute atomic E-state index is 0.0983. The third-order valence-corrected chi connectivity index (χ3v) is 6.81. The number of hydrogen-bond donors (Lipinski definition) is 1. The van der Waals surface area contributed by atoms with Gasteiger partial charge in [-0.25, -0.2) is 4.79 Å². The van der Waals surface area contributed by atoms with Crippen LogP contribution in [0.3, 0.4) is 0 Å². The van der Waals surface area contributed by atoms with Crippen LogP contribution in [0.2, 0.25) is 0 Å². The molecule has 0 spiro atoms. The van der Waals surface area contributed by atoms with E-state index in [0.29, 0.717) is 16.9 Å². The Bertz CT molecular complexity index is 1430. The standard InChI is InChI=1S/C29H25N3O4/c30-17-20-9-4-5-10-21(20)18-36-26-15-14-19-8-6-7-13-23(19)24(26)16-25-27(33)31-29(35)32(28(25)34)22-11-2-1-3-12-22/h4-10,13-16,22H,1-3,11-12,18H2,(H,31,33,35). The minimum atomic E-state index is -0.717. The number of nitrogens with zero attached hydrogens (tertiary/aromatic N) is 2. The number of imide groups is 2. The largest absolute Gasteiger partial charge is 0.488 e. The number of nitriles is 1. The van der Waals surface area contributed by atoms with Gasteiger partial charge in [0, 0.05) is 17.2 Å². The Morgan fingerprint density at radius 3 is 2.53 bits per heavy atom. The maximum absolute atomic E-state index is 13.5. The molecule has 1 N–H and O–H groups in total. The van der Waals surface area contributed by atoms with Crippen LogP contribution in [-0.2, 0) is 16.2 Å². The smallest absolute Gasteiger partial charge is 0.331 e. The molecule has 1 saturated carbocycles. The third kappa shape index (κ3) is 4.46. The van der Waals surface area contributed by atoms with Gasteiger partial charge in [0.2, 0.25) is 0 Å². The summed E-state index contributed by atoms with van der Waals surface area (Å²) in [4.78, 5) is 40.1. The molecule has 36 heavy (non-hydrogen) atoms. The Kier molecular flexibility index (Phi) is 6.50. The maximum Gasteiger partial charge on any atom is 0.331 e. The molecule has 3 aromatic rings. The van der Waals surface area contributed by atoms with E-state index in [0.717, 1.165) is 48.4 Å². The monoisotopic (exact) mass is 479 g/mol. The van der Waals surface area contributed by atoms with Gasteiger partial charge in [-0.05, 0) is 41.8 Å². The van der Waals surface area contributed by atoms with Crippen LogP contribution < -0.4 is 10.1 Å². The van der Waals surface area contributed by atoms with Crippen LogP contribution in [-0.4, -0.2) is 28.8 Å². The van der Waals surface area contributed by atoms with Crippen LogP contribution in [0.1, 0.15) is 48.8 Å². The van der Waals surface area contributed by atoms with Crippen LogP contribution in [0.4, 0.5) is 4.79 Å². The summed E-state index contributed by atoms with van der Waals surface area (Å²) in [5, 5.41) is 13.5. The first kappa shape index (κ1) is 23.3. The van der Waals surface area contributed by atoms with Crippen molar-refractivity contribution >= 4 is 34.7 Å². The number of benzene rings is 3. The molecule has 2 fully saturated rings. The van der Waals surface area contributed by atoms with Gasteiger partial charge in [0.1, 0.15) is 17.9 Å². The molecule has 0 aromatic heterocycles. The predicted octanol–water partition coefficient (Wildman–Crippen LogP) is 5.08. The molecule has 3 aromatic carbocycles. The van der Waals surface area contributed by atoms with Gasteiger partial charge in [0.05, 0.1) is 11.6 Å². The highest BCUT2D eigenvalue weighted by atomic mass is 16.5. The summed E-state index contributed by atoms with van der Waals surface area (Å²) in [6.45, 7) is 0.144. The Morgan fingerprint density at radius 1 is 0.972 bits per heavy atom. The zero-order valence-corrected chi connectivity index (χ0v) is 19.7. The van der Waals surface area contributed by atoms with E-state index < -0.39 is 17.8 Å². The molecule has 5 rings (SSSR count). The molecular weight excluding hydrogens is 454 g/mol. The highest BCUT2D eigenvalue weighted by Gasteiger charge is 2.40. The van der Waals surface area contributed by atoms with Crippen molar-refractivity contribution < 1.29 is 19.1 Å². The van der Waals surface area contributed by atoms with E-state index in [9.17, 15) is 19.6 Å². The number of amides is 4. The van der Waals surface area contributed by atoms with E-state index >= 15 is 0 Å². The van der Waals surface area contributed by atoms with E-state index in [1.807, 2.05) is 42.5 Å². The second-order valence-corrected chi connectivity index (χ2v) is 9.04. The van der Waals surface area contributed by atoms with Gasteiger partial charge < -0.3 is 4.74 Å². The van der Waals surface area contributed by atoms with Gasteiger partial charge >= 0.3 is 6.03 Å². The van der Waals surface area contributed by atoms with Crippen molar-refractivity contribution in [3.8, 4) is 11.8 Å². The number of hydrogen-bond acceptors (Lipinski definition) is 5. The van der Waals surface area contributed by atoms with Gasteiger partial charge in [-0.2, -0.15) is 5.26 Å². The molecule has 7 nitrogen and oxygen atoms in total. The van der Waals surface area contributed by atoms with E-state index in [4.69, 9.17) is 4.74 Å². The molecule has 0 bridgehead atoms. The fraction of sp³-hybridized carbons (Fsp3) is 0.241. The first-order valence-corrected chi connectivity index (χ1v) is 12.1. The number of fused-ring (bicyclic) bond motifs is 1. The van der Waals surface area contributed by atoms with Crippen molar-refractivity contribution in [3.63, 3.8) is 0 Å². The molecular formula is C29H25N3O4. The molecule has 2 aliphatic rings. The lowest BCUT2D eigenvalue weighted by Gasteiger charge is -2.35. The molecule has 1 heterocycles. The number of urea groups is 1. The Labute approximate surface area is 209 Å². The van der Waals surface area contributed by atoms with Crippen molar-refractivity contribution in [3.05, 3.63) is 82.9 Å². The summed E-state index contributed by atoms with van der Waals surface area (Å²) in [7, 11) is 0. The lowest BCUT2D eigenvalue weighted by molar-refractivity contribution is -0.132. The SMILES string of the molecule is N#Cc1ccccc1COc1ccc2ccccc2c1C=C1C(=O)NC(=O)N(C2CCCCC2)C1=O. The molecule has 0 atom stereocenters. The quantitative estimate of drug-likeness (QED) is 0.406. The zero-order chi connectivity index (χ0) is 25.1. The number of carbonyl (C=O) groups excluding carboxylic acids is 3. The van der Waals surface area contributed by atoms with E-state index in [1.54, 1.807) is 18.2 Å². The fourth-order valence-electron chi connectivity index (χ4n) is 4.95. The van der Waals surface area contributed by atoms with Gasteiger partial charge in [0.25, 0.3) is 11.8 Å². The number of carbonyl (C=O) groups is 3. The van der Waals surface area contributed by atoms with Crippen LogP contribution >= 0.6 is 0 Å². The van der Waals surface area contributed by atoms with Crippen molar-refractivity contribution in [2.24, 2.45) is 0 Å². The topological polar surface area (TPSA) is 99.5 Å². The second kappa shape index (κ2) is 10.0. The number of nitrogens with one attached hydrogen (secondary N) is 1. The highest BCUT2D eigenvalue weighted by molar-refractivity contribution is 6.31. The van der Waals surface area contributed by atoms with Gasteiger partial charge in [0.15, 0.2) is 0 Å². The Balaban J connectivity index is 1.55. The molecule has 180 valence electrons. The summed E-state index contributed by atoms with van der Waals surface area (Å²) in [6.07, 6.45) is 5.96. The van der Waals surface area contributed by atoms with Crippen molar-refractivity contribution in [1.29, 1.82) is 5.26 Å². The summed E-state index contributed by atoms with van der Waals surface area (Å²) < 4.78 is 6.13. The second-order valence-electron chi connectivity index (χ2n) is 9.04. The normalized spacial score (nSPS) is 17.8. The van der Waals surface area contributed by atoms with E-state index in [1.165, 1.54) is 11.0 Å². The molecule has 1 aliphatic carbocycles. The average Bonchev–Trinajstić information content (AvgIpc) is 2.90. The van der Waals surface area contributed by atoms with Gasteiger partial charge in [-0.3, -0.25) is 19.8 Å². The van der Waals surface area contributed by atoms with E-state index in [-0.39, 0.29) is 18.2 Å². The summed E-state index contributed by atoms with van der Waals surface area (Å²) in [5.41, 5.74) is 1.71. The molecule has 0 unspecified atom stereocenters. The Morgan fingerprint density at radius 2 is 1.72 bits per heavy atom. The van der Waals surface area contributed by atoms with Crippen LogP contribution in [0.15, 0.2) is 66.2 Å². The van der Waals surface area contributed by atoms with Crippen LogP contribution in [0.5, 0.6) is 5.75 Å². The summed E-state index contributed by atoms with van der Waals surface area (Å²) in [6, 6.07) is 19.8. The molecule has 1 aliphatic heterocycles. The van der Waals surface area contributed by atoms with Crippen molar-refractivity contribution in [2.75, 3.05) is 0 Å². The lowest BCUT2D eigenvalue weighted by atomic mass is 9.93. The maximum atomic E-state index is 13.5. The van der Waals surface area contributed by atoms with Gasteiger partial charge in [-0.1, -0.05) is 67.8 Å². The molecule has 0 radical (unpaired) electrons. The summed E-state index contributed by atoms with van der Waals surface area (Å²) in [5.74, 6) is -0.828. The summed E-state index contributed by atoms with van der Waals surface area (Å²) >= 11 is 0. The highest BCUT2D eigenvalue weighted by Crippen LogP contribution is 2.33. The van der Waals surface area contributed by atoms with Crippen molar-refractivity contribution in [2.45, 2.75) is 44.8 Å². The number of ether oxygens (including phenoxy) is 1. The predicted molar refractivity (Wildman–Crippen MR) is 135 cm³/mol. The first-order chi connectivity index (χ1) is 17.6. The first-order valence-electron chi connectivity index (χ1n) is 12.1. The minimum Gasteiger partial charge on any atom is -0.488 e. The van der Waals surface area contributed by atoms with Gasteiger partial charge in [-0.15, -0.1) is 0 Å². The molecule has 7 heteroatoms. The zero-order valence-electron chi connectivity index (χ0n) is 19.7. The number of rotatable bonds is 5. The fourth-order valence-corrected chi connectivity index (χ4v) is 4.95. The third-order valence-electron chi connectivity index (χ3n) is 6.81. The molecule has 1 saturated heterocycles. The average molecular weight is 480 g/mol. The lowest BCUT2D eigenvalue weighted by Crippen LogP contribution is -2.58. The van der Waals surface area contributed by atoms with Crippen LogP contribution in [0.25, 0.3) is 16.8 Å².